The summed E-state index contributed by atoms with van der Waals surface area (Å²) in [6.07, 6.45) is 2.52. The molecule has 0 fully saturated rings. The molecule has 2 aromatic rings. The Morgan fingerprint density at radius 1 is 1.50 bits per heavy atom. The molecule has 0 aliphatic heterocycles. The summed E-state index contributed by atoms with van der Waals surface area (Å²) in [4.78, 5) is 19.5. The van der Waals surface area contributed by atoms with E-state index in [0.29, 0.717) is 22.8 Å². The topological polar surface area (TPSA) is 63.1 Å². The molecule has 0 atom stereocenters. The molecule has 0 unspecified atom stereocenters. The molecular weight excluding hydrogens is 255 g/mol. The predicted octanol–water partition coefficient (Wildman–Crippen LogP) is 2.99. The van der Waals surface area contributed by atoms with Crippen LogP contribution in [0, 0.1) is 5.82 Å². The van der Waals surface area contributed by atoms with E-state index in [4.69, 9.17) is 5.11 Å². The first kappa shape index (κ1) is 12.6. The number of pyridine rings is 1. The van der Waals surface area contributed by atoms with E-state index in [0.717, 1.165) is 24.0 Å². The molecular formula is C12H11FN2O2S. The summed E-state index contributed by atoms with van der Waals surface area (Å²) in [5.41, 5.74) is 1.06. The van der Waals surface area contributed by atoms with E-state index in [1.807, 2.05) is 6.92 Å². The van der Waals surface area contributed by atoms with Crippen LogP contribution in [0.2, 0.25) is 0 Å². The normalized spacial score (nSPS) is 10.6. The number of carbonyl (C=O) groups is 1. The van der Waals surface area contributed by atoms with Crippen LogP contribution < -0.4 is 0 Å². The van der Waals surface area contributed by atoms with E-state index < -0.39 is 11.8 Å². The van der Waals surface area contributed by atoms with E-state index in [2.05, 4.69) is 9.97 Å². The van der Waals surface area contributed by atoms with Crippen LogP contribution in [-0.2, 0) is 6.42 Å². The molecule has 2 rings (SSSR count). The molecule has 0 saturated heterocycles. The largest absolute Gasteiger partial charge is 0.477 e. The number of aromatic carboxylic acids is 1. The summed E-state index contributed by atoms with van der Waals surface area (Å²) in [5.74, 6) is -1.41. The lowest BCUT2D eigenvalue weighted by atomic mass is 10.2. The Balaban J connectivity index is 2.42. The van der Waals surface area contributed by atoms with Crippen LogP contribution in [0.1, 0.15) is 28.7 Å². The Kier molecular flexibility index (Phi) is 3.66. The lowest BCUT2D eigenvalue weighted by Crippen LogP contribution is -1.98. The molecule has 0 bridgehead atoms. The van der Waals surface area contributed by atoms with E-state index in [1.165, 1.54) is 12.1 Å². The van der Waals surface area contributed by atoms with Crippen LogP contribution in [0.25, 0.3) is 10.7 Å². The van der Waals surface area contributed by atoms with Gasteiger partial charge in [-0.15, -0.1) is 11.3 Å². The monoisotopic (exact) mass is 266 g/mol. The fraction of sp³-hybridized carbons (Fsp3) is 0.250. The molecule has 1 N–H and O–H groups in total. The quantitative estimate of drug-likeness (QED) is 0.924. The highest BCUT2D eigenvalue weighted by Gasteiger charge is 2.17. The van der Waals surface area contributed by atoms with Gasteiger partial charge in [-0.1, -0.05) is 13.3 Å². The molecule has 94 valence electrons. The summed E-state index contributed by atoms with van der Waals surface area (Å²) in [7, 11) is 0. The van der Waals surface area contributed by atoms with Crippen LogP contribution in [0.15, 0.2) is 18.3 Å². The van der Waals surface area contributed by atoms with Crippen molar-refractivity contribution in [1.29, 1.82) is 0 Å². The van der Waals surface area contributed by atoms with E-state index in [9.17, 15) is 9.18 Å². The third-order valence-electron chi connectivity index (χ3n) is 2.32. The minimum atomic E-state index is -0.982. The molecule has 0 aliphatic carbocycles. The molecule has 0 aromatic carbocycles. The molecule has 2 heterocycles. The van der Waals surface area contributed by atoms with Gasteiger partial charge in [-0.05, 0) is 18.6 Å². The van der Waals surface area contributed by atoms with Crippen LogP contribution >= 0.6 is 11.3 Å². The molecule has 18 heavy (non-hydrogen) atoms. The van der Waals surface area contributed by atoms with Crippen molar-refractivity contribution in [3.63, 3.8) is 0 Å². The van der Waals surface area contributed by atoms with Crippen molar-refractivity contribution < 1.29 is 14.3 Å². The van der Waals surface area contributed by atoms with Crippen LogP contribution in [-0.4, -0.2) is 21.0 Å². The average Bonchev–Trinajstić information content (AvgIpc) is 2.75. The van der Waals surface area contributed by atoms with Crippen LogP contribution in [0.3, 0.4) is 0 Å². The van der Waals surface area contributed by atoms with Crippen molar-refractivity contribution in [3.05, 3.63) is 34.7 Å². The van der Waals surface area contributed by atoms with Gasteiger partial charge in [0.15, 0.2) is 0 Å². The Hall–Kier alpha value is -1.82. The number of nitrogens with zero attached hydrogens (tertiary/aromatic N) is 2. The Labute approximate surface area is 107 Å². The summed E-state index contributed by atoms with van der Waals surface area (Å²) >= 11 is 1.07. The third-order valence-corrected chi connectivity index (χ3v) is 3.43. The molecule has 2 aromatic heterocycles. The number of halogens is 1. The number of aromatic nitrogens is 2. The number of thiazole rings is 1. The minimum Gasteiger partial charge on any atom is -0.477 e. The van der Waals surface area contributed by atoms with Gasteiger partial charge in [-0.25, -0.2) is 14.2 Å². The number of rotatable bonds is 4. The van der Waals surface area contributed by atoms with Gasteiger partial charge in [0.25, 0.3) is 0 Å². The minimum absolute atomic E-state index is 0.234. The van der Waals surface area contributed by atoms with Gasteiger partial charge >= 0.3 is 5.97 Å². The van der Waals surface area contributed by atoms with Gasteiger partial charge in [0.05, 0.1) is 17.6 Å². The molecule has 0 radical (unpaired) electrons. The first-order chi connectivity index (χ1) is 8.61. The lowest BCUT2D eigenvalue weighted by molar-refractivity contribution is 0.0700. The molecule has 0 saturated carbocycles. The predicted molar refractivity (Wildman–Crippen MR) is 66.3 cm³/mol. The van der Waals surface area contributed by atoms with Crippen LogP contribution in [0.5, 0.6) is 0 Å². The first-order valence-electron chi connectivity index (χ1n) is 5.46. The van der Waals surface area contributed by atoms with Gasteiger partial charge < -0.3 is 5.11 Å². The van der Waals surface area contributed by atoms with Crippen molar-refractivity contribution in [3.8, 4) is 10.7 Å². The van der Waals surface area contributed by atoms with Crippen molar-refractivity contribution in [1.82, 2.24) is 9.97 Å². The Bertz CT molecular complexity index is 566. The zero-order valence-corrected chi connectivity index (χ0v) is 10.5. The van der Waals surface area contributed by atoms with Crippen molar-refractivity contribution >= 4 is 17.3 Å². The molecule has 6 heteroatoms. The van der Waals surface area contributed by atoms with Gasteiger partial charge in [0.1, 0.15) is 15.7 Å². The zero-order valence-electron chi connectivity index (χ0n) is 9.68. The average molecular weight is 266 g/mol. The van der Waals surface area contributed by atoms with Crippen LogP contribution in [0.4, 0.5) is 4.39 Å². The first-order valence-corrected chi connectivity index (χ1v) is 6.28. The van der Waals surface area contributed by atoms with E-state index in [-0.39, 0.29) is 4.88 Å². The third kappa shape index (κ3) is 2.53. The molecule has 0 spiro atoms. The number of carboxylic acid groups (broad SMARTS) is 1. The van der Waals surface area contributed by atoms with Gasteiger partial charge in [-0.2, -0.15) is 0 Å². The number of hydrogen-bond donors (Lipinski definition) is 1. The molecule has 4 nitrogen and oxygen atoms in total. The van der Waals surface area contributed by atoms with Crippen molar-refractivity contribution in [2.45, 2.75) is 19.8 Å². The van der Waals surface area contributed by atoms with E-state index in [1.54, 1.807) is 0 Å². The summed E-state index contributed by atoms with van der Waals surface area (Å²) in [6, 6.07) is 2.78. The molecule has 0 amide bonds. The van der Waals surface area contributed by atoms with Gasteiger partial charge in [0.2, 0.25) is 0 Å². The Morgan fingerprint density at radius 3 is 2.83 bits per heavy atom. The zero-order chi connectivity index (χ0) is 13.1. The van der Waals surface area contributed by atoms with Crippen molar-refractivity contribution in [2.75, 3.05) is 0 Å². The van der Waals surface area contributed by atoms with E-state index >= 15 is 0 Å². The Morgan fingerprint density at radius 2 is 2.28 bits per heavy atom. The fourth-order valence-electron chi connectivity index (χ4n) is 1.54. The fourth-order valence-corrected chi connectivity index (χ4v) is 2.46. The maximum absolute atomic E-state index is 12.8. The molecule has 0 aliphatic rings. The number of aryl methyl sites for hydroxylation is 1. The smallest absolute Gasteiger partial charge is 0.347 e. The second kappa shape index (κ2) is 5.22. The SMILES string of the molecule is CCCc1nc(-c2ccc(F)cn2)sc1C(=O)O. The summed E-state index contributed by atoms with van der Waals surface area (Å²) in [5, 5.41) is 9.60. The highest BCUT2D eigenvalue weighted by atomic mass is 32.1. The maximum atomic E-state index is 12.8. The van der Waals surface area contributed by atoms with Crippen molar-refractivity contribution in [2.24, 2.45) is 0 Å². The second-order valence-corrected chi connectivity index (χ2v) is 4.71. The highest BCUT2D eigenvalue weighted by Crippen LogP contribution is 2.27. The lowest BCUT2D eigenvalue weighted by Gasteiger charge is -1.94. The van der Waals surface area contributed by atoms with Gasteiger partial charge in [-0.3, -0.25) is 4.98 Å². The number of carboxylic acids is 1. The number of hydrogen-bond acceptors (Lipinski definition) is 4. The summed E-state index contributed by atoms with van der Waals surface area (Å²) in [6.45, 7) is 1.96. The second-order valence-electron chi connectivity index (χ2n) is 3.71. The highest BCUT2D eigenvalue weighted by molar-refractivity contribution is 7.17. The van der Waals surface area contributed by atoms with Gasteiger partial charge in [0, 0.05) is 0 Å². The summed E-state index contributed by atoms with van der Waals surface area (Å²) < 4.78 is 12.8. The maximum Gasteiger partial charge on any atom is 0.347 e. The standard InChI is InChI=1S/C12H11FN2O2S/c1-2-3-8-10(12(16)17)18-11(15-8)9-5-4-7(13)6-14-9/h4-6H,2-3H2,1H3,(H,16,17).